The summed E-state index contributed by atoms with van der Waals surface area (Å²) in [5.41, 5.74) is 13.8. The summed E-state index contributed by atoms with van der Waals surface area (Å²) in [7, 11) is 18.4. The number of rotatable bonds is 9. The predicted molar refractivity (Wildman–Crippen MR) is 213 cm³/mol. The Morgan fingerprint density at radius 3 is 1.19 bits per heavy atom. The first-order chi connectivity index (χ1) is 22.6. The van der Waals surface area contributed by atoms with E-state index in [4.69, 9.17) is 0 Å². The van der Waals surface area contributed by atoms with Gasteiger partial charge in [-0.15, -0.1) is 0 Å². The van der Waals surface area contributed by atoms with Crippen LogP contribution >= 0.6 is 17.2 Å². The molecule has 4 aromatic carbocycles. The summed E-state index contributed by atoms with van der Waals surface area (Å²) in [5, 5.41) is 2.72. The molecule has 0 amide bonds. The SMILES string of the molecule is CC1=Cc2c(C(C)C)cc(C(C)C)cc2[CH]1[Hf]([Cl])([Cl])([CH]1C(C)=Cc2c(C(C)C)cc(C(C)C)cc21)[SiH](c1ccccc1)c1ccccc1. The number of halogens is 2. The zero-order chi connectivity index (χ0) is 34.7. The van der Waals surface area contributed by atoms with Crippen molar-refractivity contribution < 1.29 is 15.3 Å². The Hall–Kier alpha value is -1.97. The van der Waals surface area contributed by atoms with Crippen LogP contribution in [0.2, 0.25) is 0 Å². The van der Waals surface area contributed by atoms with Gasteiger partial charge in [0.15, 0.2) is 0 Å². The Balaban J connectivity index is 1.78. The molecule has 0 N–H and O–H groups in total. The van der Waals surface area contributed by atoms with E-state index in [2.05, 4.69) is 166 Å². The van der Waals surface area contributed by atoms with E-state index in [-0.39, 0.29) is 7.35 Å². The van der Waals surface area contributed by atoms with E-state index in [0.29, 0.717) is 23.7 Å². The molecule has 2 atom stereocenters. The maximum atomic E-state index is 9.18. The van der Waals surface area contributed by atoms with E-state index in [9.17, 15) is 17.2 Å². The first-order valence-electron chi connectivity index (χ1n) is 18.0. The number of hydrogen-bond donors (Lipinski definition) is 0. The van der Waals surface area contributed by atoms with Gasteiger partial charge in [-0.05, 0) is 0 Å². The van der Waals surface area contributed by atoms with Gasteiger partial charge in [0.1, 0.15) is 0 Å². The Kier molecular flexibility index (Phi) is 9.93. The van der Waals surface area contributed by atoms with Crippen LogP contribution in [0.4, 0.5) is 0 Å². The van der Waals surface area contributed by atoms with Crippen LogP contribution in [0.3, 0.4) is 0 Å². The Morgan fingerprint density at radius 1 is 0.521 bits per heavy atom. The molecule has 0 bridgehead atoms. The second-order valence-electron chi connectivity index (χ2n) is 16.0. The van der Waals surface area contributed by atoms with Gasteiger partial charge in [0, 0.05) is 0 Å². The van der Waals surface area contributed by atoms with Crippen LogP contribution in [0.5, 0.6) is 0 Å². The van der Waals surface area contributed by atoms with E-state index >= 15 is 0 Å². The van der Waals surface area contributed by atoms with Crippen LogP contribution in [0, 0.1) is 0 Å². The van der Waals surface area contributed by atoms with Crippen molar-refractivity contribution in [3.63, 3.8) is 0 Å². The third-order valence-electron chi connectivity index (χ3n) is 11.3. The van der Waals surface area contributed by atoms with E-state index in [1.54, 1.807) is 0 Å². The van der Waals surface area contributed by atoms with Crippen molar-refractivity contribution in [3.8, 4) is 0 Å². The number of allylic oxidation sites excluding steroid dienone is 2. The van der Waals surface area contributed by atoms with Crippen molar-refractivity contribution in [3.05, 3.63) is 141 Å². The first-order valence-corrected chi connectivity index (χ1v) is 39.0. The van der Waals surface area contributed by atoms with Gasteiger partial charge in [0.2, 0.25) is 0 Å². The fourth-order valence-electron chi connectivity index (χ4n) is 9.08. The van der Waals surface area contributed by atoms with Crippen molar-refractivity contribution in [1.29, 1.82) is 0 Å². The van der Waals surface area contributed by atoms with Crippen molar-refractivity contribution in [2.75, 3.05) is 0 Å². The molecule has 0 aliphatic heterocycles. The standard InChI is InChI=1S/2C16H21.C12H11Si.2ClH.Hf/c2*1-10(2)13-8-14-6-12(5)7-16(14)15(9-13)11(3)4;1-3-7-11(8-4-1)13-12-9-5-2-6-10-12;;;/h2*6-11H,1-5H3;1-10,13H;2*1H;/q;;;;;+2/p-2. The molecule has 4 heteroatoms. The van der Waals surface area contributed by atoms with Crippen LogP contribution in [0.15, 0.2) is 96.1 Å². The molecule has 6 rings (SSSR count). The molecular formula is C44H53Cl2HfSi. The van der Waals surface area contributed by atoms with Crippen molar-refractivity contribution >= 4 is 45.7 Å². The Morgan fingerprint density at radius 2 is 0.875 bits per heavy atom. The van der Waals surface area contributed by atoms with Crippen LogP contribution in [0.1, 0.15) is 145 Å². The fraction of sp³-hybridized carbons (Fsp3) is 0.364. The Bertz CT molecular complexity index is 1760. The van der Waals surface area contributed by atoms with Gasteiger partial charge < -0.3 is 0 Å². The van der Waals surface area contributed by atoms with Crippen molar-refractivity contribution in [2.24, 2.45) is 0 Å². The third kappa shape index (κ3) is 5.85. The molecule has 251 valence electrons. The van der Waals surface area contributed by atoms with Crippen molar-refractivity contribution in [1.82, 2.24) is 0 Å². The van der Waals surface area contributed by atoms with Gasteiger partial charge in [0.05, 0.1) is 0 Å². The minimum atomic E-state index is -5.51. The van der Waals surface area contributed by atoms with Crippen LogP contribution in [-0.2, 0) is 15.3 Å². The fourth-order valence-corrected chi connectivity index (χ4v) is 80.8. The normalized spacial score (nSPS) is 18.4. The van der Waals surface area contributed by atoms with Gasteiger partial charge in [-0.25, -0.2) is 0 Å². The summed E-state index contributed by atoms with van der Waals surface area (Å²) in [5.74, 6) is -0.661. The molecule has 0 spiro atoms. The van der Waals surface area contributed by atoms with Gasteiger partial charge in [0.25, 0.3) is 0 Å². The van der Waals surface area contributed by atoms with Crippen LogP contribution in [0.25, 0.3) is 12.2 Å². The monoisotopic (exact) mass is 859 g/mol. The molecule has 0 saturated carbocycles. The zero-order valence-electron chi connectivity index (χ0n) is 30.5. The summed E-state index contributed by atoms with van der Waals surface area (Å²) in [6.45, 7) is 23.3. The molecule has 4 aromatic rings. The maximum absolute atomic E-state index is 9.18. The molecule has 0 radical (unpaired) electrons. The number of fused-ring (bicyclic) bond motifs is 2. The molecule has 0 fully saturated rings. The topological polar surface area (TPSA) is 0 Å². The molecule has 0 heterocycles. The third-order valence-corrected chi connectivity index (χ3v) is 70.3. The van der Waals surface area contributed by atoms with Crippen LogP contribution in [-0.4, -0.2) is 5.98 Å². The van der Waals surface area contributed by atoms with E-state index in [0.717, 1.165) is 0 Å². The van der Waals surface area contributed by atoms with Gasteiger partial charge in [-0.1, -0.05) is 0 Å². The first kappa shape index (κ1) is 35.8. The molecule has 2 unspecified atom stereocenters. The Labute approximate surface area is 299 Å². The summed E-state index contributed by atoms with van der Waals surface area (Å²) >= 11 is -5.51. The molecule has 0 aromatic heterocycles. The van der Waals surface area contributed by atoms with Gasteiger partial charge >= 0.3 is 302 Å². The summed E-state index contributed by atoms with van der Waals surface area (Å²) in [6.07, 6.45) is 4.95. The van der Waals surface area contributed by atoms with Crippen LogP contribution < -0.4 is 10.4 Å². The number of hydrogen-bond acceptors (Lipinski definition) is 0. The van der Waals surface area contributed by atoms with E-state index < -0.39 is 21.3 Å². The minimum absolute atomic E-state index is 0.0121. The average molecular weight is 859 g/mol. The predicted octanol–water partition coefficient (Wildman–Crippen LogP) is 12.3. The molecule has 0 nitrogen and oxygen atoms in total. The van der Waals surface area contributed by atoms with Crippen molar-refractivity contribution in [2.45, 2.75) is 100 Å². The molecule has 2 aliphatic rings. The quantitative estimate of drug-likeness (QED) is 0.147. The average Bonchev–Trinajstić information content (AvgIpc) is 3.57. The second-order valence-corrected chi connectivity index (χ2v) is 68.9. The summed E-state index contributed by atoms with van der Waals surface area (Å²) in [4.78, 5) is 0. The summed E-state index contributed by atoms with van der Waals surface area (Å²) in [6, 6.07) is 32.3. The van der Waals surface area contributed by atoms with Gasteiger partial charge in [-0.2, -0.15) is 0 Å². The zero-order valence-corrected chi connectivity index (χ0v) is 36.8. The van der Waals surface area contributed by atoms with E-state index in [1.807, 2.05) is 0 Å². The number of benzene rings is 4. The van der Waals surface area contributed by atoms with Gasteiger partial charge in [-0.3, -0.25) is 0 Å². The molecule has 0 saturated heterocycles. The summed E-state index contributed by atoms with van der Waals surface area (Å²) < 4.78 is 0.0243. The molecule has 48 heavy (non-hydrogen) atoms. The molecular weight excluding hydrogens is 806 g/mol. The second kappa shape index (κ2) is 13.3. The molecule has 2 aliphatic carbocycles. The van der Waals surface area contributed by atoms with E-state index in [1.165, 1.54) is 66.0 Å².